The molecule has 1 atom stereocenters. The number of nitrogens with zero attached hydrogens (tertiary/aromatic N) is 1. The van der Waals surface area contributed by atoms with E-state index < -0.39 is 24.0 Å². The van der Waals surface area contributed by atoms with Crippen molar-refractivity contribution in [1.29, 1.82) is 5.26 Å². The van der Waals surface area contributed by atoms with Crippen molar-refractivity contribution in [3.8, 4) is 6.07 Å². The summed E-state index contributed by atoms with van der Waals surface area (Å²) in [6.07, 6.45) is 3.64. The maximum absolute atomic E-state index is 12.6. The Labute approximate surface area is 163 Å². The number of carbonyl (C=O) groups excluding carboxylic acids is 3. The first kappa shape index (κ1) is 20.9. The fourth-order valence-electron chi connectivity index (χ4n) is 2.86. The second kappa shape index (κ2) is 8.53. The van der Waals surface area contributed by atoms with Gasteiger partial charge in [0.2, 0.25) is 5.91 Å². The van der Waals surface area contributed by atoms with Crippen LogP contribution in [0.5, 0.6) is 0 Å². The van der Waals surface area contributed by atoms with Crippen molar-refractivity contribution in [2.24, 2.45) is 5.92 Å². The third kappa shape index (κ3) is 4.86. The lowest BCUT2D eigenvalue weighted by Gasteiger charge is -2.27. The van der Waals surface area contributed by atoms with Crippen molar-refractivity contribution in [2.45, 2.75) is 58.9 Å². The topological polar surface area (TPSA) is 108 Å². The number of thiophene rings is 1. The zero-order valence-corrected chi connectivity index (χ0v) is 16.9. The summed E-state index contributed by atoms with van der Waals surface area (Å²) in [7, 11) is 0. The standard InChI is InChI=1S/C19H25N3O4S/c1-11(2)19(4,10-20)22-15(24)9-26-18(25)16-13-7-5-6-8-14(13)27-17(16)21-12(3)23/h11H,5-9H2,1-4H3,(H,21,23)(H,22,24)/t19-/m0/s1. The van der Waals surface area contributed by atoms with E-state index in [0.717, 1.165) is 36.1 Å². The monoisotopic (exact) mass is 391 g/mol. The molecule has 2 amide bonds. The molecule has 0 aromatic carbocycles. The van der Waals surface area contributed by atoms with Gasteiger partial charge in [0.05, 0.1) is 11.6 Å². The maximum atomic E-state index is 12.6. The summed E-state index contributed by atoms with van der Waals surface area (Å²) in [5, 5.41) is 15.1. The number of carbonyl (C=O) groups is 3. The van der Waals surface area contributed by atoms with Crippen molar-refractivity contribution >= 4 is 34.1 Å². The first-order chi connectivity index (χ1) is 12.7. The van der Waals surface area contributed by atoms with Gasteiger partial charge < -0.3 is 15.4 Å². The number of ether oxygens (including phenoxy) is 1. The lowest BCUT2D eigenvalue weighted by Crippen LogP contribution is -2.50. The SMILES string of the molecule is CC(=O)Nc1sc2c(c1C(=O)OCC(=O)N[C@@](C)(C#N)C(C)C)CCCC2. The molecule has 0 aliphatic heterocycles. The van der Waals surface area contributed by atoms with E-state index in [0.29, 0.717) is 10.6 Å². The first-order valence-electron chi connectivity index (χ1n) is 8.99. The van der Waals surface area contributed by atoms with E-state index in [-0.39, 0.29) is 11.8 Å². The van der Waals surface area contributed by atoms with Gasteiger partial charge in [-0.1, -0.05) is 13.8 Å². The molecule has 0 radical (unpaired) electrons. The van der Waals surface area contributed by atoms with E-state index in [1.807, 2.05) is 13.8 Å². The van der Waals surface area contributed by atoms with Crippen LogP contribution in [0.2, 0.25) is 0 Å². The van der Waals surface area contributed by atoms with Crippen LogP contribution in [-0.4, -0.2) is 29.9 Å². The minimum atomic E-state index is -1.04. The lowest BCUT2D eigenvalue weighted by atomic mass is 9.90. The van der Waals surface area contributed by atoms with Crippen LogP contribution in [0.25, 0.3) is 0 Å². The summed E-state index contributed by atoms with van der Waals surface area (Å²) in [5.74, 6) is -1.53. The van der Waals surface area contributed by atoms with Crippen LogP contribution in [-0.2, 0) is 27.2 Å². The van der Waals surface area contributed by atoms with Gasteiger partial charge in [-0.05, 0) is 44.1 Å². The molecular weight excluding hydrogens is 366 g/mol. The molecule has 0 bridgehead atoms. The first-order valence-corrected chi connectivity index (χ1v) is 9.81. The highest BCUT2D eigenvalue weighted by Crippen LogP contribution is 2.38. The van der Waals surface area contributed by atoms with Gasteiger partial charge in [-0.25, -0.2) is 4.79 Å². The zero-order valence-electron chi connectivity index (χ0n) is 16.1. The normalized spacial score (nSPS) is 15.3. The summed E-state index contributed by atoms with van der Waals surface area (Å²) in [5.41, 5.74) is 0.223. The van der Waals surface area contributed by atoms with E-state index in [1.165, 1.54) is 18.3 Å². The van der Waals surface area contributed by atoms with Crippen LogP contribution in [0.4, 0.5) is 5.00 Å². The molecule has 0 fully saturated rings. The summed E-state index contributed by atoms with van der Waals surface area (Å²) in [6.45, 7) is 6.18. The van der Waals surface area contributed by atoms with E-state index in [9.17, 15) is 19.6 Å². The fourth-order valence-corrected chi connectivity index (χ4v) is 4.18. The van der Waals surface area contributed by atoms with Crippen LogP contribution < -0.4 is 10.6 Å². The van der Waals surface area contributed by atoms with Crippen molar-refractivity contribution in [3.63, 3.8) is 0 Å². The molecule has 1 aliphatic carbocycles. The molecule has 0 saturated carbocycles. The number of esters is 1. The fraction of sp³-hybridized carbons (Fsp3) is 0.579. The molecule has 146 valence electrons. The predicted molar refractivity (Wildman–Crippen MR) is 103 cm³/mol. The van der Waals surface area contributed by atoms with Crippen molar-refractivity contribution in [3.05, 3.63) is 16.0 Å². The Morgan fingerprint density at radius 2 is 1.96 bits per heavy atom. The molecule has 1 aromatic heterocycles. The van der Waals surface area contributed by atoms with Crippen molar-refractivity contribution in [1.82, 2.24) is 5.32 Å². The van der Waals surface area contributed by atoms with E-state index in [4.69, 9.17) is 4.74 Å². The van der Waals surface area contributed by atoms with Gasteiger partial charge in [-0.15, -0.1) is 11.3 Å². The highest BCUT2D eigenvalue weighted by molar-refractivity contribution is 7.17. The Bertz CT molecular complexity index is 794. The van der Waals surface area contributed by atoms with Gasteiger partial charge in [0.25, 0.3) is 5.91 Å². The summed E-state index contributed by atoms with van der Waals surface area (Å²) in [6, 6.07) is 2.08. The minimum absolute atomic E-state index is 0.0996. The Hall–Kier alpha value is -2.40. The average Bonchev–Trinajstić information content (AvgIpc) is 2.96. The van der Waals surface area contributed by atoms with Crippen molar-refractivity contribution < 1.29 is 19.1 Å². The molecule has 0 saturated heterocycles. The van der Waals surface area contributed by atoms with E-state index in [2.05, 4.69) is 16.7 Å². The van der Waals surface area contributed by atoms with Gasteiger partial charge >= 0.3 is 5.97 Å². The number of anilines is 1. The Morgan fingerprint density at radius 3 is 2.56 bits per heavy atom. The van der Waals surface area contributed by atoms with Crippen LogP contribution in [0, 0.1) is 17.2 Å². The molecule has 2 rings (SSSR count). The van der Waals surface area contributed by atoms with Gasteiger partial charge in [-0.2, -0.15) is 5.26 Å². The third-order valence-corrected chi connectivity index (χ3v) is 5.99. The van der Waals surface area contributed by atoms with Crippen LogP contribution >= 0.6 is 11.3 Å². The van der Waals surface area contributed by atoms with E-state index >= 15 is 0 Å². The Kier molecular flexibility index (Phi) is 6.60. The number of aryl methyl sites for hydroxylation is 1. The molecule has 27 heavy (non-hydrogen) atoms. The second-order valence-electron chi connectivity index (χ2n) is 7.19. The lowest BCUT2D eigenvalue weighted by molar-refractivity contribution is -0.125. The van der Waals surface area contributed by atoms with Gasteiger partial charge in [0.15, 0.2) is 6.61 Å². The Balaban J connectivity index is 2.12. The van der Waals surface area contributed by atoms with Crippen LogP contribution in [0.1, 0.15) is 61.3 Å². The van der Waals surface area contributed by atoms with Crippen LogP contribution in [0.3, 0.4) is 0 Å². The highest BCUT2D eigenvalue weighted by atomic mass is 32.1. The maximum Gasteiger partial charge on any atom is 0.341 e. The molecule has 2 N–H and O–H groups in total. The average molecular weight is 391 g/mol. The molecule has 8 heteroatoms. The molecule has 0 unspecified atom stereocenters. The third-order valence-electron chi connectivity index (χ3n) is 4.79. The summed E-state index contributed by atoms with van der Waals surface area (Å²) >= 11 is 1.39. The smallest absolute Gasteiger partial charge is 0.341 e. The largest absolute Gasteiger partial charge is 0.452 e. The molecular formula is C19H25N3O4S. The molecule has 1 aromatic rings. The summed E-state index contributed by atoms with van der Waals surface area (Å²) in [4.78, 5) is 37.3. The van der Waals surface area contributed by atoms with Gasteiger partial charge in [0, 0.05) is 11.8 Å². The number of amides is 2. The van der Waals surface area contributed by atoms with Crippen LogP contribution in [0.15, 0.2) is 0 Å². The van der Waals surface area contributed by atoms with E-state index in [1.54, 1.807) is 6.92 Å². The minimum Gasteiger partial charge on any atom is -0.452 e. The number of nitriles is 1. The van der Waals surface area contributed by atoms with Gasteiger partial charge in [0.1, 0.15) is 10.5 Å². The number of fused-ring (bicyclic) bond motifs is 1. The second-order valence-corrected chi connectivity index (χ2v) is 8.29. The number of nitrogens with one attached hydrogen (secondary N) is 2. The number of hydrogen-bond acceptors (Lipinski definition) is 6. The molecule has 0 spiro atoms. The summed E-state index contributed by atoms with van der Waals surface area (Å²) < 4.78 is 5.20. The zero-order chi connectivity index (χ0) is 20.2. The number of hydrogen-bond donors (Lipinski definition) is 2. The predicted octanol–water partition coefficient (Wildman–Crippen LogP) is 2.80. The van der Waals surface area contributed by atoms with Crippen molar-refractivity contribution in [2.75, 3.05) is 11.9 Å². The highest BCUT2D eigenvalue weighted by Gasteiger charge is 2.31. The quantitative estimate of drug-likeness (QED) is 0.725. The molecule has 1 heterocycles. The molecule has 7 nitrogen and oxygen atoms in total. The number of rotatable bonds is 6. The van der Waals surface area contributed by atoms with Gasteiger partial charge in [-0.3, -0.25) is 9.59 Å². The molecule has 1 aliphatic rings. The Morgan fingerprint density at radius 1 is 1.30 bits per heavy atom.